The summed E-state index contributed by atoms with van der Waals surface area (Å²) in [6.07, 6.45) is 6.64. The third kappa shape index (κ3) is 3.93. The molecule has 5 nitrogen and oxygen atoms in total. The molecule has 2 aliphatic rings. The van der Waals surface area contributed by atoms with E-state index in [9.17, 15) is 9.59 Å². The predicted octanol–water partition coefficient (Wildman–Crippen LogP) is 1.56. The summed E-state index contributed by atoms with van der Waals surface area (Å²) in [5.74, 6) is -1.77. The van der Waals surface area contributed by atoms with Gasteiger partial charge in [-0.05, 0) is 38.5 Å². The largest absolute Gasteiger partial charge is 0.481 e. The van der Waals surface area contributed by atoms with Crippen molar-refractivity contribution in [2.75, 3.05) is 13.2 Å². The lowest BCUT2D eigenvalue weighted by Gasteiger charge is -2.23. The first-order valence-electron chi connectivity index (χ1n) is 7.30. The van der Waals surface area contributed by atoms with Gasteiger partial charge in [-0.1, -0.05) is 6.42 Å². The highest BCUT2D eigenvalue weighted by atomic mass is 16.5. The summed E-state index contributed by atoms with van der Waals surface area (Å²) < 4.78 is 5.60. The molecular formula is C14H23NO4. The van der Waals surface area contributed by atoms with Gasteiger partial charge in [0.2, 0.25) is 5.91 Å². The lowest BCUT2D eigenvalue weighted by atomic mass is 9.95. The summed E-state index contributed by atoms with van der Waals surface area (Å²) >= 11 is 0. The lowest BCUT2D eigenvalue weighted by Crippen LogP contribution is -2.37. The van der Waals surface area contributed by atoms with Crippen LogP contribution in [0.1, 0.15) is 44.9 Å². The Morgan fingerprint density at radius 3 is 2.58 bits per heavy atom. The van der Waals surface area contributed by atoms with Crippen LogP contribution in [-0.4, -0.2) is 36.2 Å². The molecule has 0 radical (unpaired) electrons. The number of hydrogen-bond acceptors (Lipinski definition) is 3. The minimum atomic E-state index is -0.840. The Hall–Kier alpha value is -1.10. The fourth-order valence-corrected chi connectivity index (χ4v) is 3.09. The number of rotatable bonds is 5. The molecule has 1 heterocycles. The molecule has 1 saturated heterocycles. The number of ether oxygens (including phenoxy) is 1. The van der Waals surface area contributed by atoms with Crippen LogP contribution < -0.4 is 5.32 Å². The summed E-state index contributed by atoms with van der Waals surface area (Å²) in [6.45, 7) is 1.41. The van der Waals surface area contributed by atoms with Gasteiger partial charge < -0.3 is 15.2 Å². The van der Waals surface area contributed by atoms with E-state index in [1.54, 1.807) is 0 Å². The van der Waals surface area contributed by atoms with Crippen LogP contribution in [0.25, 0.3) is 0 Å². The Bertz CT molecular complexity index is 325. The average Bonchev–Trinajstić information content (AvgIpc) is 2.89. The molecule has 0 bridgehead atoms. The third-order valence-corrected chi connectivity index (χ3v) is 4.21. The van der Waals surface area contributed by atoms with E-state index < -0.39 is 11.9 Å². The summed E-state index contributed by atoms with van der Waals surface area (Å²) in [4.78, 5) is 23.0. The van der Waals surface area contributed by atoms with Crippen molar-refractivity contribution in [3.63, 3.8) is 0 Å². The Morgan fingerprint density at radius 2 is 1.89 bits per heavy atom. The predicted molar refractivity (Wildman–Crippen MR) is 69.7 cm³/mol. The highest BCUT2D eigenvalue weighted by Gasteiger charge is 2.37. The number of carboxylic acid groups (broad SMARTS) is 1. The summed E-state index contributed by atoms with van der Waals surface area (Å²) in [5.41, 5.74) is 0. The van der Waals surface area contributed by atoms with Crippen molar-refractivity contribution in [2.45, 2.75) is 51.0 Å². The fraction of sp³-hybridized carbons (Fsp3) is 0.857. The third-order valence-electron chi connectivity index (χ3n) is 4.21. The second-order valence-electron chi connectivity index (χ2n) is 5.55. The molecule has 19 heavy (non-hydrogen) atoms. The molecule has 0 aromatic rings. The number of nitrogens with one attached hydrogen (secondary N) is 1. The second-order valence-corrected chi connectivity index (χ2v) is 5.55. The van der Waals surface area contributed by atoms with Gasteiger partial charge in [0.1, 0.15) is 0 Å². The van der Waals surface area contributed by atoms with Crippen LogP contribution in [0.4, 0.5) is 0 Å². The first-order chi connectivity index (χ1) is 9.18. The Kier molecular flexibility index (Phi) is 5.19. The van der Waals surface area contributed by atoms with E-state index in [-0.39, 0.29) is 17.9 Å². The normalized spacial score (nSPS) is 31.1. The van der Waals surface area contributed by atoms with Crippen molar-refractivity contribution in [3.05, 3.63) is 0 Å². The monoisotopic (exact) mass is 269 g/mol. The molecule has 1 amide bonds. The summed E-state index contributed by atoms with van der Waals surface area (Å²) in [6, 6.07) is 0. The molecule has 2 rings (SSSR count). The van der Waals surface area contributed by atoms with Gasteiger partial charge in [0.25, 0.3) is 0 Å². The molecule has 2 N–H and O–H groups in total. The van der Waals surface area contributed by atoms with Crippen molar-refractivity contribution < 1.29 is 19.4 Å². The van der Waals surface area contributed by atoms with Gasteiger partial charge in [-0.15, -0.1) is 0 Å². The quantitative estimate of drug-likeness (QED) is 0.794. The van der Waals surface area contributed by atoms with Gasteiger partial charge in [-0.2, -0.15) is 0 Å². The molecule has 0 aromatic carbocycles. The van der Waals surface area contributed by atoms with Gasteiger partial charge in [0, 0.05) is 13.2 Å². The van der Waals surface area contributed by atoms with Gasteiger partial charge in [0.15, 0.2) is 0 Å². The van der Waals surface area contributed by atoms with Crippen molar-refractivity contribution >= 4 is 11.9 Å². The van der Waals surface area contributed by atoms with Crippen LogP contribution in [-0.2, 0) is 14.3 Å². The maximum absolute atomic E-state index is 12.0. The summed E-state index contributed by atoms with van der Waals surface area (Å²) in [7, 11) is 0. The van der Waals surface area contributed by atoms with Gasteiger partial charge in [0.05, 0.1) is 17.9 Å². The molecule has 108 valence electrons. The number of carboxylic acids is 1. The summed E-state index contributed by atoms with van der Waals surface area (Å²) in [5, 5.41) is 11.9. The lowest BCUT2D eigenvalue weighted by molar-refractivity contribution is -0.146. The zero-order valence-electron chi connectivity index (χ0n) is 11.3. The van der Waals surface area contributed by atoms with E-state index in [1.165, 1.54) is 6.42 Å². The molecule has 5 heteroatoms. The van der Waals surface area contributed by atoms with E-state index in [4.69, 9.17) is 9.84 Å². The molecule has 1 aliphatic carbocycles. The number of amides is 1. The number of hydrogen-bond donors (Lipinski definition) is 2. The first kappa shape index (κ1) is 14.3. The topological polar surface area (TPSA) is 75.6 Å². The van der Waals surface area contributed by atoms with Crippen LogP contribution in [0.3, 0.4) is 0 Å². The van der Waals surface area contributed by atoms with Crippen LogP contribution in [0.2, 0.25) is 0 Å². The smallest absolute Gasteiger partial charge is 0.307 e. The SMILES string of the molecule is O=C(O)C1CCCC1C(=O)NCCC1CCCCO1. The molecule has 0 spiro atoms. The highest BCUT2D eigenvalue weighted by molar-refractivity contribution is 5.85. The maximum Gasteiger partial charge on any atom is 0.307 e. The van der Waals surface area contributed by atoms with Crippen molar-refractivity contribution in [3.8, 4) is 0 Å². The van der Waals surface area contributed by atoms with Crippen molar-refractivity contribution in [2.24, 2.45) is 11.8 Å². The Balaban J connectivity index is 1.70. The Morgan fingerprint density at radius 1 is 1.11 bits per heavy atom. The van der Waals surface area contributed by atoms with Crippen LogP contribution >= 0.6 is 0 Å². The zero-order valence-corrected chi connectivity index (χ0v) is 11.3. The molecule has 3 atom stereocenters. The zero-order chi connectivity index (χ0) is 13.7. The highest BCUT2D eigenvalue weighted by Crippen LogP contribution is 2.32. The van der Waals surface area contributed by atoms with E-state index >= 15 is 0 Å². The fourth-order valence-electron chi connectivity index (χ4n) is 3.09. The van der Waals surface area contributed by atoms with Crippen LogP contribution in [0.5, 0.6) is 0 Å². The molecule has 3 unspecified atom stereocenters. The van der Waals surface area contributed by atoms with E-state index in [0.29, 0.717) is 19.4 Å². The molecule has 0 aromatic heterocycles. The van der Waals surface area contributed by atoms with Crippen LogP contribution in [0, 0.1) is 11.8 Å². The second kappa shape index (κ2) is 6.89. The molecule has 1 saturated carbocycles. The van der Waals surface area contributed by atoms with Crippen molar-refractivity contribution in [1.82, 2.24) is 5.32 Å². The molecule has 1 aliphatic heterocycles. The maximum atomic E-state index is 12.0. The van der Waals surface area contributed by atoms with Crippen LogP contribution in [0.15, 0.2) is 0 Å². The molecule has 2 fully saturated rings. The minimum absolute atomic E-state index is 0.0966. The van der Waals surface area contributed by atoms with Gasteiger partial charge in [-0.3, -0.25) is 9.59 Å². The minimum Gasteiger partial charge on any atom is -0.481 e. The molecular weight excluding hydrogens is 246 g/mol. The standard InChI is InChI=1S/C14H23NO4/c16-13(11-5-3-6-12(11)14(17)18)15-8-7-10-4-1-2-9-19-10/h10-12H,1-9H2,(H,15,16)(H,17,18). The van der Waals surface area contributed by atoms with Gasteiger partial charge in [-0.25, -0.2) is 0 Å². The van der Waals surface area contributed by atoms with Crippen molar-refractivity contribution in [1.29, 1.82) is 0 Å². The van der Waals surface area contributed by atoms with Gasteiger partial charge >= 0.3 is 5.97 Å². The number of carbonyl (C=O) groups is 2. The average molecular weight is 269 g/mol. The van der Waals surface area contributed by atoms with E-state index in [0.717, 1.165) is 32.3 Å². The Labute approximate surface area is 113 Å². The number of carbonyl (C=O) groups excluding carboxylic acids is 1. The first-order valence-corrected chi connectivity index (χ1v) is 7.30. The van der Waals surface area contributed by atoms with E-state index in [1.807, 2.05) is 0 Å². The van der Waals surface area contributed by atoms with E-state index in [2.05, 4.69) is 5.32 Å². The number of aliphatic carboxylic acids is 1.